The van der Waals surface area contributed by atoms with E-state index in [4.69, 9.17) is 10.5 Å². The summed E-state index contributed by atoms with van der Waals surface area (Å²) in [4.78, 5) is 12.0. The molecule has 1 aromatic carbocycles. The van der Waals surface area contributed by atoms with Crippen LogP contribution < -0.4 is 15.8 Å². The SMILES string of the molecule is CC1(NC(=O)COc2ccccc2CN)CCCCC1. The normalized spacial score (nSPS) is 17.5. The zero-order chi connectivity index (χ0) is 14.4. The predicted molar refractivity (Wildman–Crippen MR) is 79.5 cm³/mol. The van der Waals surface area contributed by atoms with E-state index in [0.717, 1.165) is 18.4 Å². The average molecular weight is 276 g/mol. The summed E-state index contributed by atoms with van der Waals surface area (Å²) in [5, 5.41) is 3.11. The van der Waals surface area contributed by atoms with Crippen molar-refractivity contribution in [3.8, 4) is 5.75 Å². The number of para-hydroxylation sites is 1. The Labute approximate surface area is 120 Å². The summed E-state index contributed by atoms with van der Waals surface area (Å²) in [7, 11) is 0. The molecular formula is C16H24N2O2. The van der Waals surface area contributed by atoms with E-state index in [1.807, 2.05) is 24.3 Å². The first-order chi connectivity index (χ1) is 9.63. The van der Waals surface area contributed by atoms with Gasteiger partial charge in [0, 0.05) is 17.6 Å². The van der Waals surface area contributed by atoms with Crippen LogP contribution in [0.5, 0.6) is 5.75 Å². The molecule has 2 rings (SSSR count). The minimum atomic E-state index is -0.0634. The van der Waals surface area contributed by atoms with E-state index in [-0.39, 0.29) is 18.1 Å². The summed E-state index contributed by atoms with van der Waals surface area (Å²) in [5.74, 6) is 0.639. The highest BCUT2D eigenvalue weighted by Gasteiger charge is 2.28. The molecule has 1 fully saturated rings. The van der Waals surface area contributed by atoms with E-state index < -0.39 is 0 Å². The molecule has 0 bridgehead atoms. The lowest BCUT2D eigenvalue weighted by Crippen LogP contribution is -2.48. The minimum absolute atomic E-state index is 0.0482. The van der Waals surface area contributed by atoms with Gasteiger partial charge in [-0.15, -0.1) is 0 Å². The summed E-state index contributed by atoms with van der Waals surface area (Å²) in [6.07, 6.45) is 5.75. The second-order valence-electron chi connectivity index (χ2n) is 5.77. The Morgan fingerprint density at radius 1 is 1.30 bits per heavy atom. The van der Waals surface area contributed by atoms with E-state index in [0.29, 0.717) is 12.3 Å². The topological polar surface area (TPSA) is 64.3 Å². The van der Waals surface area contributed by atoms with Crippen molar-refractivity contribution >= 4 is 5.91 Å². The molecule has 0 aromatic heterocycles. The number of carbonyl (C=O) groups is 1. The number of ether oxygens (including phenoxy) is 1. The Morgan fingerprint density at radius 2 is 2.00 bits per heavy atom. The van der Waals surface area contributed by atoms with Crippen LogP contribution >= 0.6 is 0 Å². The van der Waals surface area contributed by atoms with Gasteiger partial charge in [0.05, 0.1) is 0 Å². The lowest BCUT2D eigenvalue weighted by Gasteiger charge is -2.34. The molecule has 3 N–H and O–H groups in total. The number of amides is 1. The molecule has 4 heteroatoms. The van der Waals surface area contributed by atoms with Crippen LogP contribution in [-0.2, 0) is 11.3 Å². The monoisotopic (exact) mass is 276 g/mol. The van der Waals surface area contributed by atoms with Crippen molar-refractivity contribution in [2.24, 2.45) is 5.73 Å². The second-order valence-corrected chi connectivity index (χ2v) is 5.77. The van der Waals surface area contributed by atoms with E-state index in [2.05, 4.69) is 12.2 Å². The molecule has 0 aliphatic heterocycles. The number of benzene rings is 1. The van der Waals surface area contributed by atoms with Crippen molar-refractivity contribution in [2.45, 2.75) is 51.1 Å². The molecule has 0 heterocycles. The van der Waals surface area contributed by atoms with Crippen LogP contribution in [0.3, 0.4) is 0 Å². The molecule has 0 spiro atoms. The molecule has 0 saturated heterocycles. The van der Waals surface area contributed by atoms with E-state index >= 15 is 0 Å². The Bertz CT molecular complexity index is 454. The maximum atomic E-state index is 12.0. The van der Waals surface area contributed by atoms with Gasteiger partial charge in [0.1, 0.15) is 5.75 Å². The lowest BCUT2D eigenvalue weighted by atomic mass is 9.83. The largest absolute Gasteiger partial charge is 0.483 e. The van der Waals surface area contributed by atoms with Crippen LogP contribution in [-0.4, -0.2) is 18.1 Å². The van der Waals surface area contributed by atoms with Crippen molar-refractivity contribution < 1.29 is 9.53 Å². The van der Waals surface area contributed by atoms with Crippen LogP contribution in [0.15, 0.2) is 24.3 Å². The van der Waals surface area contributed by atoms with Crippen LogP contribution in [0.25, 0.3) is 0 Å². The van der Waals surface area contributed by atoms with Gasteiger partial charge in [0.2, 0.25) is 0 Å². The highest BCUT2D eigenvalue weighted by molar-refractivity contribution is 5.78. The molecule has 110 valence electrons. The van der Waals surface area contributed by atoms with Gasteiger partial charge >= 0.3 is 0 Å². The molecule has 1 aliphatic carbocycles. The maximum Gasteiger partial charge on any atom is 0.258 e. The fourth-order valence-electron chi connectivity index (χ4n) is 2.79. The van der Waals surface area contributed by atoms with Gasteiger partial charge in [-0.05, 0) is 25.8 Å². The fraction of sp³-hybridized carbons (Fsp3) is 0.562. The number of nitrogens with one attached hydrogen (secondary N) is 1. The average Bonchev–Trinajstić information content (AvgIpc) is 2.45. The summed E-state index contributed by atoms with van der Waals surface area (Å²) in [5.41, 5.74) is 6.50. The summed E-state index contributed by atoms with van der Waals surface area (Å²) in [6, 6.07) is 7.56. The Hall–Kier alpha value is -1.55. The van der Waals surface area contributed by atoms with E-state index in [1.165, 1.54) is 19.3 Å². The van der Waals surface area contributed by atoms with Gasteiger partial charge in [-0.25, -0.2) is 0 Å². The van der Waals surface area contributed by atoms with Crippen LogP contribution in [0, 0.1) is 0 Å². The summed E-state index contributed by atoms with van der Waals surface area (Å²) in [6.45, 7) is 2.58. The molecule has 0 atom stereocenters. The Morgan fingerprint density at radius 3 is 2.70 bits per heavy atom. The molecule has 4 nitrogen and oxygen atoms in total. The fourth-order valence-corrected chi connectivity index (χ4v) is 2.79. The van der Waals surface area contributed by atoms with Crippen molar-refractivity contribution in [1.29, 1.82) is 0 Å². The third-order valence-corrected chi connectivity index (χ3v) is 3.95. The lowest BCUT2D eigenvalue weighted by molar-refractivity contribution is -0.125. The standard InChI is InChI=1S/C16H24N2O2/c1-16(9-5-2-6-10-16)18-15(19)12-20-14-8-4-3-7-13(14)11-17/h3-4,7-8H,2,5-6,9-12,17H2,1H3,(H,18,19). The molecule has 0 unspecified atom stereocenters. The van der Waals surface area contributed by atoms with Crippen LogP contribution in [0.4, 0.5) is 0 Å². The smallest absolute Gasteiger partial charge is 0.258 e. The number of rotatable bonds is 5. The molecule has 1 amide bonds. The van der Waals surface area contributed by atoms with Gasteiger partial charge in [-0.1, -0.05) is 37.5 Å². The van der Waals surface area contributed by atoms with Crippen molar-refractivity contribution in [3.63, 3.8) is 0 Å². The number of carbonyl (C=O) groups excluding carboxylic acids is 1. The van der Waals surface area contributed by atoms with Crippen LogP contribution in [0.1, 0.15) is 44.6 Å². The van der Waals surface area contributed by atoms with Crippen LogP contribution in [0.2, 0.25) is 0 Å². The first kappa shape index (κ1) is 14.9. The molecule has 1 saturated carbocycles. The minimum Gasteiger partial charge on any atom is -0.483 e. The van der Waals surface area contributed by atoms with Gasteiger partial charge < -0.3 is 15.8 Å². The first-order valence-corrected chi connectivity index (χ1v) is 7.35. The first-order valence-electron chi connectivity index (χ1n) is 7.35. The summed E-state index contributed by atoms with van der Waals surface area (Å²) >= 11 is 0. The van der Waals surface area contributed by atoms with Gasteiger partial charge in [-0.3, -0.25) is 4.79 Å². The van der Waals surface area contributed by atoms with Gasteiger partial charge in [0.25, 0.3) is 5.91 Å². The summed E-state index contributed by atoms with van der Waals surface area (Å²) < 4.78 is 5.58. The second kappa shape index (κ2) is 6.75. The van der Waals surface area contributed by atoms with E-state index in [9.17, 15) is 4.79 Å². The highest BCUT2D eigenvalue weighted by Crippen LogP contribution is 2.27. The number of hydrogen-bond donors (Lipinski definition) is 2. The van der Waals surface area contributed by atoms with Gasteiger partial charge in [0.15, 0.2) is 6.61 Å². The highest BCUT2D eigenvalue weighted by atomic mass is 16.5. The number of nitrogens with two attached hydrogens (primary N) is 1. The molecule has 1 aromatic rings. The maximum absolute atomic E-state index is 12.0. The molecular weight excluding hydrogens is 252 g/mol. The Balaban J connectivity index is 1.85. The van der Waals surface area contributed by atoms with Crippen molar-refractivity contribution in [2.75, 3.05) is 6.61 Å². The third kappa shape index (κ3) is 3.97. The molecule has 20 heavy (non-hydrogen) atoms. The van der Waals surface area contributed by atoms with E-state index in [1.54, 1.807) is 0 Å². The zero-order valence-corrected chi connectivity index (χ0v) is 12.2. The van der Waals surface area contributed by atoms with Crippen molar-refractivity contribution in [1.82, 2.24) is 5.32 Å². The Kier molecular flexibility index (Phi) is 5.01. The van der Waals surface area contributed by atoms with Gasteiger partial charge in [-0.2, -0.15) is 0 Å². The third-order valence-electron chi connectivity index (χ3n) is 3.95. The predicted octanol–water partition coefficient (Wildman–Crippen LogP) is 2.36. The number of hydrogen-bond acceptors (Lipinski definition) is 3. The zero-order valence-electron chi connectivity index (χ0n) is 12.2. The molecule has 0 radical (unpaired) electrons. The molecule has 1 aliphatic rings. The quantitative estimate of drug-likeness (QED) is 0.867. The van der Waals surface area contributed by atoms with Crippen molar-refractivity contribution in [3.05, 3.63) is 29.8 Å².